The van der Waals surface area contributed by atoms with Crippen molar-refractivity contribution in [3.05, 3.63) is 23.3 Å². The normalized spacial score (nSPS) is 56.7. The molecule has 0 aromatic rings. The molecule has 0 amide bonds. The summed E-state index contributed by atoms with van der Waals surface area (Å²) in [5.41, 5.74) is -8.70. The number of ether oxygens (including phenoxy) is 1. The number of rotatable bonds is 5. The first-order valence-electron chi connectivity index (χ1n) is 28.3. The standard InChI is InChI=1S/C60H90O13/c1-31-17-22-60(47(69)70)28-25-53(7)33(41(60)58(31,12)72)14-16-37-50(4)29-34(61)42(63)56(10,38(50)18-20-55(37,53)9)48(71)73-44-35(62)30-51(5)36-15-13-32-40-43(64)49(2,3)23-26-59(40,46(67)68)27-24-52(32,6)54(36,8)21-19-39(51)57(44,11)45(65)66/h13-14,31,34-44,61-64,72H,15-30H2,1-12H3,(H,65,66)(H,67,68)(H,69,70)/t31-,34-,35-,36-,37-,38-,39-,40-,41-,42-,43+,44-,50-,51-,52-,53-,54-,55-,56-,57-,58-,59+,60+/m1/s1. The van der Waals surface area contributed by atoms with E-state index in [0.29, 0.717) is 89.9 Å². The van der Waals surface area contributed by atoms with Crippen molar-refractivity contribution in [3.63, 3.8) is 0 Å². The lowest BCUT2D eigenvalue weighted by molar-refractivity contribution is -0.266. The monoisotopic (exact) mass is 1020 g/mol. The molecule has 0 spiro atoms. The third-order valence-electron chi connectivity index (χ3n) is 27.1. The SMILES string of the molecule is C[C@@H]1CC[C@]2(C(=O)O)CC[C@]3(C)C(=CC[C@@H]4[C@@]5(C)C[C@@H](O)[C@@H](O)[C@](C)(C(=O)O[C@@H]6[C@H](O)C[C@@]7(C)[C@@H](CC[C@]8(C)[C@@H]7CC=C7[C@@H]9[C@H](O)C(C)(C)CC[C@]9(C(=O)O)CC[C@]78C)[C@@]6(C)C(=O)O)[C@@H]5CC[C@]43C)[C@@H]2[C@]1(C)O. The molecular formula is C60H90O13. The highest BCUT2D eigenvalue weighted by molar-refractivity contribution is 5.81. The summed E-state index contributed by atoms with van der Waals surface area (Å²) in [6.45, 7) is 24.3. The molecule has 0 aromatic heterocycles. The van der Waals surface area contributed by atoms with Crippen molar-refractivity contribution < 1.29 is 64.8 Å². The van der Waals surface area contributed by atoms with Crippen LogP contribution in [0.2, 0.25) is 0 Å². The van der Waals surface area contributed by atoms with Gasteiger partial charge in [0.2, 0.25) is 0 Å². The zero-order valence-electron chi connectivity index (χ0n) is 46.0. The molecule has 408 valence electrons. The number of carbonyl (C=O) groups is 4. The van der Waals surface area contributed by atoms with E-state index in [4.69, 9.17) is 4.74 Å². The Morgan fingerprint density at radius 2 is 1.01 bits per heavy atom. The molecule has 8 saturated carbocycles. The Morgan fingerprint density at radius 3 is 1.55 bits per heavy atom. The van der Waals surface area contributed by atoms with Gasteiger partial charge in [-0.2, -0.15) is 0 Å². The van der Waals surface area contributed by atoms with Crippen LogP contribution in [0.3, 0.4) is 0 Å². The van der Waals surface area contributed by atoms with E-state index < -0.39 is 143 Å². The Balaban J connectivity index is 0.971. The predicted octanol–water partition coefficient (Wildman–Crippen LogP) is 8.96. The fourth-order valence-electron chi connectivity index (χ4n) is 22.0. The number of allylic oxidation sites excluding steroid dienone is 2. The van der Waals surface area contributed by atoms with Crippen molar-refractivity contribution in [2.45, 2.75) is 222 Å². The van der Waals surface area contributed by atoms with Gasteiger partial charge in [-0.25, -0.2) is 0 Å². The largest absolute Gasteiger partial charge is 0.481 e. The van der Waals surface area contributed by atoms with Gasteiger partial charge in [-0.3, -0.25) is 19.2 Å². The minimum absolute atomic E-state index is 0.104. The summed E-state index contributed by atoms with van der Waals surface area (Å²) in [5.74, 6) is -6.27. The summed E-state index contributed by atoms with van der Waals surface area (Å²) in [7, 11) is 0. The Morgan fingerprint density at radius 1 is 0.534 bits per heavy atom. The van der Waals surface area contributed by atoms with Gasteiger partial charge in [0.1, 0.15) is 11.5 Å². The molecule has 0 heterocycles. The van der Waals surface area contributed by atoms with Gasteiger partial charge in [0.25, 0.3) is 0 Å². The second kappa shape index (κ2) is 15.9. The topological polar surface area (TPSA) is 239 Å². The summed E-state index contributed by atoms with van der Waals surface area (Å²) < 4.78 is 6.58. The van der Waals surface area contributed by atoms with Gasteiger partial charge in [0.05, 0.1) is 46.3 Å². The zero-order valence-corrected chi connectivity index (χ0v) is 46.0. The summed E-state index contributed by atoms with van der Waals surface area (Å²) in [6.07, 6.45) is 5.68. The van der Waals surface area contributed by atoms with E-state index in [1.807, 2.05) is 27.7 Å². The highest BCUT2D eigenvalue weighted by Gasteiger charge is 2.77. The lowest BCUT2D eigenvalue weighted by Gasteiger charge is -2.72. The number of hydrogen-bond donors (Lipinski definition) is 8. The molecule has 0 saturated heterocycles. The van der Waals surface area contributed by atoms with Crippen LogP contribution in [0.25, 0.3) is 0 Å². The molecule has 73 heavy (non-hydrogen) atoms. The fraction of sp³-hybridized carbons (Fsp3) is 0.867. The van der Waals surface area contributed by atoms with Crippen LogP contribution >= 0.6 is 0 Å². The number of esters is 1. The molecule has 0 unspecified atom stereocenters. The van der Waals surface area contributed by atoms with Crippen molar-refractivity contribution in [1.29, 1.82) is 0 Å². The van der Waals surface area contributed by atoms with Crippen molar-refractivity contribution in [2.24, 2.45) is 101 Å². The Bertz CT molecular complexity index is 2440. The first-order chi connectivity index (χ1) is 33.5. The number of carboxylic acids is 3. The van der Waals surface area contributed by atoms with Gasteiger partial charge in [-0.05, 0) is 191 Å². The van der Waals surface area contributed by atoms with E-state index >= 15 is 4.79 Å². The second-order valence-electron chi connectivity index (χ2n) is 29.7. The lowest BCUT2D eigenvalue weighted by atomic mass is 9.32. The third kappa shape index (κ3) is 6.21. The van der Waals surface area contributed by atoms with E-state index in [-0.39, 0.29) is 30.6 Å². The zero-order chi connectivity index (χ0) is 53.8. The van der Waals surface area contributed by atoms with Crippen LogP contribution in [-0.4, -0.2) is 101 Å². The number of aliphatic hydroxyl groups excluding tert-OH is 4. The first kappa shape index (κ1) is 53.6. The Hall–Kier alpha value is -2.84. The molecule has 10 aliphatic rings. The molecule has 10 aliphatic carbocycles. The van der Waals surface area contributed by atoms with E-state index in [9.17, 15) is 55.2 Å². The van der Waals surface area contributed by atoms with Crippen LogP contribution in [-0.2, 0) is 23.9 Å². The van der Waals surface area contributed by atoms with Crippen LogP contribution in [0.4, 0.5) is 0 Å². The molecule has 13 nitrogen and oxygen atoms in total. The quantitative estimate of drug-likeness (QED) is 0.0949. The molecule has 0 aromatic carbocycles. The number of carboxylic acid groups (broad SMARTS) is 3. The van der Waals surface area contributed by atoms with Gasteiger partial charge in [-0.1, -0.05) is 85.6 Å². The highest BCUT2D eigenvalue weighted by Crippen LogP contribution is 2.79. The lowest BCUT2D eigenvalue weighted by Crippen LogP contribution is -2.71. The Kier molecular flexibility index (Phi) is 11.7. The maximum Gasteiger partial charge on any atom is 0.315 e. The minimum atomic E-state index is -1.75. The van der Waals surface area contributed by atoms with Crippen molar-refractivity contribution in [3.8, 4) is 0 Å². The molecule has 0 radical (unpaired) electrons. The van der Waals surface area contributed by atoms with Gasteiger partial charge >= 0.3 is 23.9 Å². The molecular weight excluding hydrogens is 929 g/mol. The maximum absolute atomic E-state index is 15.5. The molecule has 8 N–H and O–H groups in total. The van der Waals surface area contributed by atoms with E-state index in [2.05, 4.69) is 53.7 Å². The van der Waals surface area contributed by atoms with Crippen molar-refractivity contribution in [2.75, 3.05) is 0 Å². The number of aliphatic carboxylic acids is 3. The van der Waals surface area contributed by atoms with Crippen LogP contribution in [0, 0.1) is 101 Å². The smallest absolute Gasteiger partial charge is 0.315 e. The van der Waals surface area contributed by atoms with Crippen molar-refractivity contribution >= 4 is 23.9 Å². The summed E-state index contributed by atoms with van der Waals surface area (Å²) in [5, 5.41) is 94.6. The van der Waals surface area contributed by atoms with Crippen LogP contribution in [0.1, 0.15) is 186 Å². The molecule has 0 aliphatic heterocycles. The molecule has 10 rings (SSSR count). The number of hydrogen-bond acceptors (Lipinski definition) is 10. The summed E-state index contributed by atoms with van der Waals surface area (Å²) in [6, 6.07) is 0. The molecule has 23 atom stereocenters. The summed E-state index contributed by atoms with van der Waals surface area (Å²) in [4.78, 5) is 56.3. The van der Waals surface area contributed by atoms with Crippen molar-refractivity contribution in [1.82, 2.24) is 0 Å². The van der Waals surface area contributed by atoms with E-state index in [1.165, 1.54) is 0 Å². The van der Waals surface area contributed by atoms with Gasteiger partial charge in [-0.15, -0.1) is 0 Å². The molecule has 8 fully saturated rings. The Labute approximate surface area is 433 Å². The van der Waals surface area contributed by atoms with Crippen LogP contribution in [0.5, 0.6) is 0 Å². The fourth-order valence-corrected chi connectivity index (χ4v) is 22.0. The third-order valence-corrected chi connectivity index (χ3v) is 27.1. The first-order valence-corrected chi connectivity index (χ1v) is 28.3. The summed E-state index contributed by atoms with van der Waals surface area (Å²) >= 11 is 0. The number of fused-ring (bicyclic) bond motifs is 14. The highest BCUT2D eigenvalue weighted by atomic mass is 16.6. The van der Waals surface area contributed by atoms with E-state index in [1.54, 1.807) is 13.8 Å². The van der Waals surface area contributed by atoms with Crippen LogP contribution in [0.15, 0.2) is 23.3 Å². The average Bonchev–Trinajstić information content (AvgIpc) is 3.29. The van der Waals surface area contributed by atoms with E-state index in [0.717, 1.165) is 11.1 Å². The second-order valence-corrected chi connectivity index (χ2v) is 29.7. The van der Waals surface area contributed by atoms with Crippen LogP contribution < -0.4 is 0 Å². The van der Waals surface area contributed by atoms with Gasteiger partial charge < -0.3 is 45.6 Å². The average molecular weight is 1020 g/mol. The number of carbonyl (C=O) groups excluding carboxylic acids is 1. The predicted molar refractivity (Wildman–Crippen MR) is 271 cm³/mol. The van der Waals surface area contributed by atoms with Gasteiger partial charge in [0.15, 0.2) is 0 Å². The maximum atomic E-state index is 15.5. The molecule has 13 heteroatoms. The van der Waals surface area contributed by atoms with Gasteiger partial charge in [0, 0.05) is 11.8 Å². The minimum Gasteiger partial charge on any atom is -0.481 e. The molecule has 0 bridgehead atoms. The number of aliphatic hydroxyl groups is 5.